The normalized spacial score (nSPS) is 15.8. The van der Waals surface area contributed by atoms with Gasteiger partial charge in [-0.05, 0) is 12.5 Å². The second kappa shape index (κ2) is 5.27. The van der Waals surface area contributed by atoms with E-state index in [4.69, 9.17) is 5.26 Å². The van der Waals surface area contributed by atoms with Gasteiger partial charge < -0.3 is 4.74 Å². The maximum atomic E-state index is 11.8. The van der Waals surface area contributed by atoms with E-state index in [1.165, 1.54) is 13.8 Å². The van der Waals surface area contributed by atoms with Gasteiger partial charge in [0.2, 0.25) is 0 Å². The Kier molecular flexibility index (Phi) is 4.00. The molecule has 0 fully saturated rings. The summed E-state index contributed by atoms with van der Waals surface area (Å²) < 4.78 is 4.66. The summed E-state index contributed by atoms with van der Waals surface area (Å²) >= 11 is 0. The summed E-state index contributed by atoms with van der Waals surface area (Å²) in [5.41, 5.74) is 0.285. The molecule has 1 aliphatic rings. The number of hydrogen-bond acceptors (Lipinski definition) is 5. The third kappa shape index (κ3) is 2.46. The van der Waals surface area contributed by atoms with Crippen LogP contribution in [0.25, 0.3) is 0 Å². The molecule has 1 aliphatic heterocycles. The summed E-state index contributed by atoms with van der Waals surface area (Å²) in [5, 5.41) is 8.87. The molecule has 0 atom stereocenters. The number of carbonyl (C=O) groups excluding carboxylic acids is 3. The average molecular weight is 248 g/mol. The summed E-state index contributed by atoms with van der Waals surface area (Å²) in [7, 11) is 0. The molecule has 0 bridgehead atoms. The van der Waals surface area contributed by atoms with Crippen LogP contribution < -0.4 is 0 Å². The Bertz CT molecular complexity index is 511. The quantitative estimate of drug-likeness (QED) is 0.407. The molecule has 0 aliphatic carbocycles. The maximum Gasteiger partial charge on any atom is 0.302 e. The number of nitrogens with zero attached hydrogens (tertiary/aromatic N) is 2. The van der Waals surface area contributed by atoms with Gasteiger partial charge in [0.05, 0.1) is 6.54 Å². The van der Waals surface area contributed by atoms with E-state index in [0.29, 0.717) is 0 Å². The van der Waals surface area contributed by atoms with Crippen LogP contribution in [0.15, 0.2) is 23.3 Å². The number of amides is 2. The number of imide groups is 1. The van der Waals surface area contributed by atoms with E-state index < -0.39 is 17.8 Å². The molecule has 0 N–H and O–H groups in total. The lowest BCUT2D eigenvalue weighted by Crippen LogP contribution is -2.44. The Hall–Kier alpha value is -2.42. The van der Waals surface area contributed by atoms with Crippen LogP contribution in [0.3, 0.4) is 0 Å². The number of ether oxygens (including phenoxy) is 1. The van der Waals surface area contributed by atoms with Gasteiger partial charge in [0.25, 0.3) is 11.8 Å². The van der Waals surface area contributed by atoms with Crippen molar-refractivity contribution in [3.63, 3.8) is 0 Å². The van der Waals surface area contributed by atoms with Crippen LogP contribution in [0.1, 0.15) is 13.8 Å². The molecular weight excluding hydrogens is 236 g/mol. The molecule has 6 heteroatoms. The number of rotatable bonds is 3. The van der Waals surface area contributed by atoms with E-state index >= 15 is 0 Å². The van der Waals surface area contributed by atoms with Gasteiger partial charge in [-0.3, -0.25) is 19.3 Å². The molecule has 0 saturated heterocycles. The van der Waals surface area contributed by atoms with Crippen LogP contribution in [0.4, 0.5) is 0 Å². The van der Waals surface area contributed by atoms with Crippen molar-refractivity contribution < 1.29 is 19.1 Å². The molecule has 0 spiro atoms. The first-order valence-electron chi connectivity index (χ1n) is 5.20. The van der Waals surface area contributed by atoms with Gasteiger partial charge in [0.15, 0.2) is 0 Å². The van der Waals surface area contributed by atoms with Gasteiger partial charge >= 0.3 is 5.97 Å². The third-order valence-electron chi connectivity index (χ3n) is 2.52. The minimum absolute atomic E-state index is 0.0886. The number of hydrogen-bond donors (Lipinski definition) is 0. The second-order valence-electron chi connectivity index (χ2n) is 3.69. The molecule has 18 heavy (non-hydrogen) atoms. The van der Waals surface area contributed by atoms with Gasteiger partial charge in [-0.25, -0.2) is 0 Å². The SMILES string of the molecule is C=C1C(=O)N(CCOC(C)=O)C(=O)C(C#N)=C1C. The zero-order valence-corrected chi connectivity index (χ0v) is 10.1. The molecule has 6 nitrogen and oxygen atoms in total. The van der Waals surface area contributed by atoms with E-state index in [2.05, 4.69) is 11.3 Å². The topological polar surface area (TPSA) is 87.5 Å². The van der Waals surface area contributed by atoms with Gasteiger partial charge in [-0.15, -0.1) is 0 Å². The molecule has 0 aromatic carbocycles. The highest BCUT2D eigenvalue weighted by molar-refractivity contribution is 6.17. The van der Waals surface area contributed by atoms with Crippen molar-refractivity contribution in [2.24, 2.45) is 0 Å². The second-order valence-corrected chi connectivity index (χ2v) is 3.69. The smallest absolute Gasteiger partial charge is 0.302 e. The predicted molar refractivity (Wildman–Crippen MR) is 60.8 cm³/mol. The summed E-state index contributed by atoms with van der Waals surface area (Å²) in [6.07, 6.45) is 0. The summed E-state index contributed by atoms with van der Waals surface area (Å²) in [6.45, 7) is 6.08. The predicted octanol–water partition coefficient (Wildman–Crippen LogP) is 0.315. The minimum atomic E-state index is -0.681. The fraction of sp³-hybridized carbons (Fsp3) is 0.333. The van der Waals surface area contributed by atoms with Gasteiger partial charge in [0, 0.05) is 12.5 Å². The first-order chi connectivity index (χ1) is 8.40. The minimum Gasteiger partial charge on any atom is -0.464 e. The summed E-state index contributed by atoms with van der Waals surface area (Å²) in [4.78, 5) is 35.1. The zero-order valence-electron chi connectivity index (χ0n) is 10.1. The largest absolute Gasteiger partial charge is 0.464 e. The Balaban J connectivity index is 2.92. The lowest BCUT2D eigenvalue weighted by atomic mass is 9.97. The van der Waals surface area contributed by atoms with Crippen molar-refractivity contribution in [2.45, 2.75) is 13.8 Å². The first-order valence-corrected chi connectivity index (χ1v) is 5.20. The fourth-order valence-electron chi connectivity index (χ4n) is 1.48. The monoisotopic (exact) mass is 248 g/mol. The van der Waals surface area contributed by atoms with Crippen molar-refractivity contribution in [1.82, 2.24) is 4.90 Å². The molecule has 0 aromatic heterocycles. The van der Waals surface area contributed by atoms with Crippen LogP contribution in [0.2, 0.25) is 0 Å². The summed E-state index contributed by atoms with van der Waals surface area (Å²) in [5.74, 6) is -1.75. The Morgan fingerprint density at radius 1 is 1.44 bits per heavy atom. The molecule has 0 unspecified atom stereocenters. The molecule has 0 aromatic rings. The van der Waals surface area contributed by atoms with E-state index in [0.717, 1.165) is 4.90 Å². The van der Waals surface area contributed by atoms with Crippen LogP contribution in [0.5, 0.6) is 0 Å². The standard InChI is InChI=1S/C12H12N2O4/c1-7-8(2)11(16)14(4-5-18-9(3)15)12(17)10(7)6-13/h2,4-5H2,1,3H3. The molecule has 2 amide bonds. The van der Waals surface area contributed by atoms with E-state index in [1.807, 2.05) is 0 Å². The molecule has 1 heterocycles. The van der Waals surface area contributed by atoms with Gasteiger partial charge in [0.1, 0.15) is 18.2 Å². The van der Waals surface area contributed by atoms with Crippen LogP contribution in [-0.4, -0.2) is 35.8 Å². The number of esters is 1. The molecule has 1 rings (SSSR count). The van der Waals surface area contributed by atoms with Crippen LogP contribution in [-0.2, 0) is 19.1 Å². The highest BCUT2D eigenvalue weighted by Gasteiger charge is 2.34. The number of nitriles is 1. The van der Waals surface area contributed by atoms with Crippen molar-refractivity contribution in [3.8, 4) is 6.07 Å². The van der Waals surface area contributed by atoms with Gasteiger partial charge in [-0.2, -0.15) is 5.26 Å². The lowest BCUT2D eigenvalue weighted by molar-refractivity contribution is -0.147. The van der Waals surface area contributed by atoms with Crippen LogP contribution >= 0.6 is 0 Å². The first kappa shape index (κ1) is 13.6. The van der Waals surface area contributed by atoms with Crippen molar-refractivity contribution in [2.75, 3.05) is 13.2 Å². The molecule has 0 saturated carbocycles. The van der Waals surface area contributed by atoms with Crippen molar-refractivity contribution >= 4 is 17.8 Å². The lowest BCUT2D eigenvalue weighted by Gasteiger charge is -2.26. The van der Waals surface area contributed by atoms with E-state index in [9.17, 15) is 14.4 Å². The Morgan fingerprint density at radius 2 is 2.06 bits per heavy atom. The van der Waals surface area contributed by atoms with Gasteiger partial charge in [-0.1, -0.05) is 6.58 Å². The Morgan fingerprint density at radius 3 is 2.56 bits per heavy atom. The summed E-state index contributed by atoms with van der Waals surface area (Å²) in [6, 6.07) is 1.75. The van der Waals surface area contributed by atoms with Crippen LogP contribution in [0, 0.1) is 11.3 Å². The van der Waals surface area contributed by atoms with E-state index in [1.54, 1.807) is 6.07 Å². The zero-order chi connectivity index (χ0) is 13.9. The fourth-order valence-corrected chi connectivity index (χ4v) is 1.48. The number of carbonyl (C=O) groups is 3. The molecule has 0 radical (unpaired) electrons. The van der Waals surface area contributed by atoms with E-state index in [-0.39, 0.29) is 29.9 Å². The average Bonchev–Trinajstić information content (AvgIpc) is 2.31. The highest BCUT2D eigenvalue weighted by Crippen LogP contribution is 2.23. The van der Waals surface area contributed by atoms with Crippen molar-refractivity contribution in [1.29, 1.82) is 5.26 Å². The third-order valence-corrected chi connectivity index (χ3v) is 2.52. The highest BCUT2D eigenvalue weighted by atomic mass is 16.5. The van der Waals surface area contributed by atoms with Crippen molar-refractivity contribution in [3.05, 3.63) is 23.3 Å². The Labute approximate surface area is 104 Å². The maximum absolute atomic E-state index is 11.8. The molecular formula is C12H12N2O4. The molecule has 94 valence electrons.